The van der Waals surface area contributed by atoms with Crippen molar-refractivity contribution in [3.05, 3.63) is 59.3 Å². The summed E-state index contributed by atoms with van der Waals surface area (Å²) < 4.78 is 0. The summed E-state index contributed by atoms with van der Waals surface area (Å²) in [5.74, 6) is 1.14. The number of rotatable bonds is 5. The lowest BCUT2D eigenvalue weighted by atomic mass is 10.1. The van der Waals surface area contributed by atoms with E-state index in [0.717, 1.165) is 32.0 Å². The lowest BCUT2D eigenvalue weighted by Gasteiger charge is -2.21. The number of nitrogens with one attached hydrogen (secondary N) is 1. The Morgan fingerprint density at radius 3 is 2.57 bits per heavy atom. The zero-order chi connectivity index (χ0) is 15.9. The van der Waals surface area contributed by atoms with Gasteiger partial charge in [0.2, 0.25) is 0 Å². The van der Waals surface area contributed by atoms with E-state index < -0.39 is 0 Å². The van der Waals surface area contributed by atoms with Gasteiger partial charge < -0.3 is 10.2 Å². The Labute approximate surface area is 139 Å². The summed E-state index contributed by atoms with van der Waals surface area (Å²) in [4.78, 5) is 7.03. The third kappa shape index (κ3) is 4.55. The second-order valence-electron chi connectivity index (χ2n) is 6.45. The van der Waals surface area contributed by atoms with Crippen LogP contribution in [0.1, 0.15) is 42.4 Å². The Hall–Kier alpha value is -1.87. The van der Waals surface area contributed by atoms with Crippen LogP contribution in [0.2, 0.25) is 0 Å². The first-order chi connectivity index (χ1) is 11.3. The minimum Gasteiger partial charge on any atom is -0.357 e. The molecule has 1 saturated heterocycles. The zero-order valence-corrected chi connectivity index (χ0v) is 14.1. The average molecular weight is 309 g/mol. The van der Waals surface area contributed by atoms with Gasteiger partial charge in [0.15, 0.2) is 0 Å². The van der Waals surface area contributed by atoms with E-state index in [9.17, 15) is 0 Å². The predicted octanol–water partition coefficient (Wildman–Crippen LogP) is 4.06. The Morgan fingerprint density at radius 1 is 1.00 bits per heavy atom. The molecule has 2 heterocycles. The van der Waals surface area contributed by atoms with E-state index >= 15 is 0 Å². The SMILES string of the molecule is Cc1ccccc1CNCc1ccnc(N2CCCCCC2)c1. The molecule has 0 amide bonds. The van der Waals surface area contributed by atoms with Crippen LogP contribution in [0.5, 0.6) is 0 Å². The van der Waals surface area contributed by atoms with Gasteiger partial charge in [0.1, 0.15) is 5.82 Å². The number of aromatic nitrogens is 1. The van der Waals surface area contributed by atoms with Gasteiger partial charge in [-0.2, -0.15) is 0 Å². The fraction of sp³-hybridized carbons (Fsp3) is 0.450. The summed E-state index contributed by atoms with van der Waals surface area (Å²) in [6.07, 6.45) is 7.24. The molecule has 2 aromatic rings. The molecule has 1 N–H and O–H groups in total. The molecule has 1 fully saturated rings. The van der Waals surface area contributed by atoms with Crippen LogP contribution in [0.4, 0.5) is 5.82 Å². The van der Waals surface area contributed by atoms with Crippen LogP contribution < -0.4 is 10.2 Å². The van der Waals surface area contributed by atoms with Crippen molar-refractivity contribution < 1.29 is 0 Å². The average Bonchev–Trinajstić information content (AvgIpc) is 2.86. The van der Waals surface area contributed by atoms with E-state index in [4.69, 9.17) is 0 Å². The fourth-order valence-electron chi connectivity index (χ4n) is 3.19. The van der Waals surface area contributed by atoms with Gasteiger partial charge in [-0.05, 0) is 48.6 Å². The standard InChI is InChI=1S/C20H27N3/c1-17-8-4-5-9-19(17)16-21-15-18-10-11-22-20(14-18)23-12-6-2-3-7-13-23/h4-5,8-11,14,21H,2-3,6-7,12-13,15-16H2,1H3. The summed E-state index contributed by atoms with van der Waals surface area (Å²) in [5.41, 5.74) is 4.03. The summed E-state index contributed by atoms with van der Waals surface area (Å²) >= 11 is 0. The zero-order valence-electron chi connectivity index (χ0n) is 14.1. The molecule has 122 valence electrons. The molecule has 0 radical (unpaired) electrons. The molecule has 0 aliphatic carbocycles. The number of aryl methyl sites for hydroxylation is 1. The molecular weight excluding hydrogens is 282 g/mol. The minimum absolute atomic E-state index is 0.887. The highest BCUT2D eigenvalue weighted by molar-refractivity contribution is 5.41. The molecule has 0 spiro atoms. The van der Waals surface area contributed by atoms with Crippen molar-refractivity contribution in [3.8, 4) is 0 Å². The van der Waals surface area contributed by atoms with Gasteiger partial charge in [0.05, 0.1) is 0 Å². The molecule has 1 aliphatic heterocycles. The summed E-state index contributed by atoms with van der Waals surface area (Å²) in [6, 6.07) is 12.9. The van der Waals surface area contributed by atoms with E-state index in [1.807, 2.05) is 6.20 Å². The van der Waals surface area contributed by atoms with Gasteiger partial charge in [0, 0.05) is 32.4 Å². The van der Waals surface area contributed by atoms with E-state index in [2.05, 4.69) is 58.5 Å². The number of nitrogens with zero attached hydrogens (tertiary/aromatic N) is 2. The number of pyridine rings is 1. The number of benzene rings is 1. The van der Waals surface area contributed by atoms with Crippen LogP contribution in [0.25, 0.3) is 0 Å². The molecule has 1 aromatic carbocycles. The molecule has 3 rings (SSSR count). The molecule has 0 saturated carbocycles. The number of anilines is 1. The van der Waals surface area contributed by atoms with Crippen molar-refractivity contribution in [2.45, 2.75) is 45.7 Å². The molecular formula is C20H27N3. The van der Waals surface area contributed by atoms with Crippen molar-refractivity contribution in [1.29, 1.82) is 0 Å². The fourth-order valence-corrected chi connectivity index (χ4v) is 3.19. The van der Waals surface area contributed by atoms with Gasteiger partial charge in [-0.1, -0.05) is 37.1 Å². The van der Waals surface area contributed by atoms with Crippen LogP contribution in [-0.4, -0.2) is 18.1 Å². The van der Waals surface area contributed by atoms with Crippen LogP contribution in [-0.2, 0) is 13.1 Å². The van der Waals surface area contributed by atoms with E-state index in [-0.39, 0.29) is 0 Å². The Balaban J connectivity index is 1.58. The van der Waals surface area contributed by atoms with Crippen LogP contribution in [0, 0.1) is 6.92 Å². The first-order valence-corrected chi connectivity index (χ1v) is 8.78. The molecule has 1 aromatic heterocycles. The molecule has 0 bridgehead atoms. The monoisotopic (exact) mass is 309 g/mol. The highest BCUT2D eigenvalue weighted by Crippen LogP contribution is 2.18. The predicted molar refractivity (Wildman–Crippen MR) is 96.6 cm³/mol. The molecule has 23 heavy (non-hydrogen) atoms. The third-order valence-electron chi connectivity index (χ3n) is 4.65. The Morgan fingerprint density at radius 2 is 1.78 bits per heavy atom. The van der Waals surface area contributed by atoms with Crippen molar-refractivity contribution in [2.75, 3.05) is 18.0 Å². The van der Waals surface area contributed by atoms with Crippen LogP contribution in [0.3, 0.4) is 0 Å². The van der Waals surface area contributed by atoms with E-state index in [0.29, 0.717) is 0 Å². The highest BCUT2D eigenvalue weighted by Gasteiger charge is 2.11. The van der Waals surface area contributed by atoms with Gasteiger partial charge in [-0.3, -0.25) is 0 Å². The topological polar surface area (TPSA) is 28.2 Å². The molecule has 0 atom stereocenters. The maximum absolute atomic E-state index is 4.58. The van der Waals surface area contributed by atoms with Crippen molar-refractivity contribution in [1.82, 2.24) is 10.3 Å². The summed E-state index contributed by atoms with van der Waals surface area (Å²) in [5, 5.41) is 3.55. The van der Waals surface area contributed by atoms with Gasteiger partial charge in [-0.25, -0.2) is 4.98 Å². The maximum Gasteiger partial charge on any atom is 0.128 e. The van der Waals surface area contributed by atoms with Crippen molar-refractivity contribution >= 4 is 5.82 Å². The normalized spacial score (nSPS) is 15.4. The number of hydrogen-bond donors (Lipinski definition) is 1. The lowest BCUT2D eigenvalue weighted by Crippen LogP contribution is -2.25. The van der Waals surface area contributed by atoms with Gasteiger partial charge in [0.25, 0.3) is 0 Å². The van der Waals surface area contributed by atoms with Crippen molar-refractivity contribution in [2.24, 2.45) is 0 Å². The first kappa shape index (κ1) is 16.0. The van der Waals surface area contributed by atoms with E-state index in [1.165, 1.54) is 42.4 Å². The largest absolute Gasteiger partial charge is 0.357 e. The molecule has 1 aliphatic rings. The quantitative estimate of drug-likeness (QED) is 0.903. The van der Waals surface area contributed by atoms with Crippen LogP contribution in [0.15, 0.2) is 42.6 Å². The molecule has 0 unspecified atom stereocenters. The second kappa shape index (κ2) is 8.11. The Bertz CT molecular complexity index is 616. The molecule has 3 nitrogen and oxygen atoms in total. The maximum atomic E-state index is 4.58. The smallest absolute Gasteiger partial charge is 0.128 e. The van der Waals surface area contributed by atoms with E-state index in [1.54, 1.807) is 0 Å². The highest BCUT2D eigenvalue weighted by atomic mass is 15.2. The molecule has 3 heteroatoms. The Kier molecular flexibility index (Phi) is 5.65. The van der Waals surface area contributed by atoms with Crippen LogP contribution >= 0.6 is 0 Å². The summed E-state index contributed by atoms with van der Waals surface area (Å²) in [6.45, 7) is 6.26. The van der Waals surface area contributed by atoms with Gasteiger partial charge >= 0.3 is 0 Å². The minimum atomic E-state index is 0.887. The van der Waals surface area contributed by atoms with Crippen molar-refractivity contribution in [3.63, 3.8) is 0 Å². The second-order valence-corrected chi connectivity index (χ2v) is 6.45. The summed E-state index contributed by atoms with van der Waals surface area (Å²) in [7, 11) is 0. The third-order valence-corrected chi connectivity index (χ3v) is 4.65. The van der Waals surface area contributed by atoms with Gasteiger partial charge in [-0.15, -0.1) is 0 Å². The first-order valence-electron chi connectivity index (χ1n) is 8.78. The number of hydrogen-bond acceptors (Lipinski definition) is 3. The lowest BCUT2D eigenvalue weighted by molar-refractivity contribution is 0.688.